The van der Waals surface area contributed by atoms with Gasteiger partial charge in [0.15, 0.2) is 5.13 Å². The molecule has 1 saturated carbocycles. The third kappa shape index (κ3) is 2.63. The number of carbonyl (C=O) groups is 1. The maximum Gasteiger partial charge on any atom is 0.251 e. The smallest absolute Gasteiger partial charge is 0.251 e. The molecule has 20 heavy (non-hydrogen) atoms. The van der Waals surface area contributed by atoms with Gasteiger partial charge in [0, 0.05) is 11.6 Å². The molecule has 0 spiro atoms. The van der Waals surface area contributed by atoms with Gasteiger partial charge >= 0.3 is 0 Å². The number of nitrogens with zero attached hydrogens (tertiary/aromatic N) is 1. The number of thiazole rings is 1. The highest BCUT2D eigenvalue weighted by atomic mass is 32.1. The standard InChI is InChI=1S/C15H19N3OS/c1-15(2)6-5-10(8-15)17-13(19)9-3-4-11-12(7-9)20-14(16)18-11/h3-4,7,10H,5-6,8H2,1-2H3,(H2,16,18)(H,17,19). The predicted octanol–water partition coefficient (Wildman–Crippen LogP) is 3.19. The lowest BCUT2D eigenvalue weighted by atomic mass is 9.92. The van der Waals surface area contributed by atoms with E-state index in [1.54, 1.807) is 0 Å². The molecule has 0 aliphatic heterocycles. The summed E-state index contributed by atoms with van der Waals surface area (Å²) in [5, 5.41) is 3.67. The Bertz CT molecular complexity index is 662. The summed E-state index contributed by atoms with van der Waals surface area (Å²) >= 11 is 1.41. The number of rotatable bonds is 2. The van der Waals surface area contributed by atoms with Gasteiger partial charge in [-0.05, 0) is 42.9 Å². The summed E-state index contributed by atoms with van der Waals surface area (Å²) < 4.78 is 0.960. The van der Waals surface area contributed by atoms with Crippen LogP contribution in [0, 0.1) is 5.41 Å². The molecule has 1 aromatic heterocycles. The molecule has 4 nitrogen and oxygen atoms in total. The number of amides is 1. The number of hydrogen-bond donors (Lipinski definition) is 2. The molecule has 1 heterocycles. The quantitative estimate of drug-likeness (QED) is 0.892. The summed E-state index contributed by atoms with van der Waals surface area (Å²) in [6.45, 7) is 4.51. The number of nitrogens with two attached hydrogens (primary N) is 1. The third-order valence-electron chi connectivity index (χ3n) is 3.97. The lowest BCUT2D eigenvalue weighted by Gasteiger charge is -2.17. The van der Waals surface area contributed by atoms with Crippen molar-refractivity contribution in [3.05, 3.63) is 23.8 Å². The number of fused-ring (bicyclic) bond motifs is 1. The Labute approximate surface area is 122 Å². The summed E-state index contributed by atoms with van der Waals surface area (Å²) in [4.78, 5) is 16.5. The van der Waals surface area contributed by atoms with Crippen molar-refractivity contribution in [1.29, 1.82) is 0 Å². The first kappa shape index (κ1) is 13.4. The first-order valence-electron chi connectivity index (χ1n) is 6.90. The zero-order valence-corrected chi connectivity index (χ0v) is 12.6. The van der Waals surface area contributed by atoms with Gasteiger partial charge in [0.2, 0.25) is 0 Å². The summed E-state index contributed by atoms with van der Waals surface area (Å²) in [7, 11) is 0. The fourth-order valence-corrected chi connectivity index (χ4v) is 3.69. The van der Waals surface area contributed by atoms with E-state index >= 15 is 0 Å². The molecule has 2 aromatic rings. The highest BCUT2D eigenvalue weighted by molar-refractivity contribution is 7.22. The summed E-state index contributed by atoms with van der Waals surface area (Å²) in [5.74, 6) is 0.00146. The van der Waals surface area contributed by atoms with Crippen LogP contribution in [0.1, 0.15) is 43.5 Å². The molecule has 0 radical (unpaired) electrons. The fourth-order valence-electron chi connectivity index (χ4n) is 2.91. The maximum absolute atomic E-state index is 12.3. The van der Waals surface area contributed by atoms with Crippen molar-refractivity contribution in [3.63, 3.8) is 0 Å². The minimum Gasteiger partial charge on any atom is -0.375 e. The summed E-state index contributed by atoms with van der Waals surface area (Å²) in [6.07, 6.45) is 3.28. The first-order chi connectivity index (χ1) is 9.43. The van der Waals surface area contributed by atoms with Crippen LogP contribution < -0.4 is 11.1 Å². The van der Waals surface area contributed by atoms with E-state index in [2.05, 4.69) is 24.1 Å². The van der Waals surface area contributed by atoms with Crippen molar-refractivity contribution >= 4 is 32.6 Å². The minimum absolute atomic E-state index is 0.00146. The van der Waals surface area contributed by atoms with E-state index in [9.17, 15) is 4.79 Å². The lowest BCUT2D eigenvalue weighted by Crippen LogP contribution is -2.33. The van der Waals surface area contributed by atoms with Crippen molar-refractivity contribution in [2.24, 2.45) is 5.41 Å². The van der Waals surface area contributed by atoms with E-state index in [0.717, 1.165) is 23.1 Å². The van der Waals surface area contributed by atoms with E-state index in [4.69, 9.17) is 5.73 Å². The van der Waals surface area contributed by atoms with E-state index in [1.807, 2.05) is 18.2 Å². The second-order valence-electron chi connectivity index (χ2n) is 6.31. The molecule has 0 bridgehead atoms. The van der Waals surface area contributed by atoms with Crippen molar-refractivity contribution < 1.29 is 4.79 Å². The van der Waals surface area contributed by atoms with Gasteiger partial charge in [0.1, 0.15) is 0 Å². The van der Waals surface area contributed by atoms with Crippen LogP contribution in [-0.2, 0) is 0 Å². The Morgan fingerprint density at radius 2 is 2.30 bits per heavy atom. The van der Waals surface area contributed by atoms with Gasteiger partial charge in [-0.3, -0.25) is 4.79 Å². The van der Waals surface area contributed by atoms with E-state index in [1.165, 1.54) is 17.8 Å². The van der Waals surface area contributed by atoms with Gasteiger partial charge in [0.05, 0.1) is 10.2 Å². The van der Waals surface area contributed by atoms with Crippen molar-refractivity contribution in [2.75, 3.05) is 5.73 Å². The molecule has 106 valence electrons. The monoisotopic (exact) mass is 289 g/mol. The highest BCUT2D eigenvalue weighted by Gasteiger charge is 2.31. The zero-order chi connectivity index (χ0) is 14.3. The van der Waals surface area contributed by atoms with Crippen LogP contribution in [0.3, 0.4) is 0 Å². The number of benzene rings is 1. The van der Waals surface area contributed by atoms with Crippen molar-refractivity contribution in [3.8, 4) is 0 Å². The molecule has 5 heteroatoms. The van der Waals surface area contributed by atoms with Crippen LogP contribution in [0.5, 0.6) is 0 Å². The number of carbonyl (C=O) groups excluding carboxylic acids is 1. The number of nitrogen functional groups attached to an aromatic ring is 1. The van der Waals surface area contributed by atoms with Crippen LogP contribution in [0.25, 0.3) is 10.2 Å². The van der Waals surface area contributed by atoms with Gasteiger partial charge in [-0.25, -0.2) is 4.98 Å². The number of hydrogen-bond acceptors (Lipinski definition) is 4. The molecule has 1 fully saturated rings. The lowest BCUT2D eigenvalue weighted by molar-refractivity contribution is 0.0936. The predicted molar refractivity (Wildman–Crippen MR) is 82.9 cm³/mol. The number of anilines is 1. The molecule has 3 rings (SSSR count). The highest BCUT2D eigenvalue weighted by Crippen LogP contribution is 2.37. The van der Waals surface area contributed by atoms with Crippen LogP contribution >= 0.6 is 11.3 Å². The van der Waals surface area contributed by atoms with Gasteiger partial charge in [-0.1, -0.05) is 25.2 Å². The Morgan fingerprint density at radius 3 is 3.00 bits per heavy atom. The van der Waals surface area contributed by atoms with Crippen molar-refractivity contribution in [1.82, 2.24) is 10.3 Å². The number of aromatic nitrogens is 1. The molecule has 1 aromatic carbocycles. The Balaban J connectivity index is 1.75. The summed E-state index contributed by atoms with van der Waals surface area (Å²) in [5.41, 5.74) is 7.57. The third-order valence-corrected chi connectivity index (χ3v) is 4.82. The van der Waals surface area contributed by atoms with Crippen LogP contribution in [0.15, 0.2) is 18.2 Å². The van der Waals surface area contributed by atoms with Crippen molar-refractivity contribution in [2.45, 2.75) is 39.2 Å². The van der Waals surface area contributed by atoms with Gasteiger partial charge in [-0.2, -0.15) is 0 Å². The zero-order valence-electron chi connectivity index (χ0n) is 11.8. The second kappa shape index (κ2) is 4.74. The first-order valence-corrected chi connectivity index (χ1v) is 7.72. The SMILES string of the molecule is CC1(C)CCC(NC(=O)c2ccc3nc(N)sc3c2)C1. The molecule has 1 atom stereocenters. The van der Waals surface area contributed by atoms with E-state index in [0.29, 0.717) is 22.2 Å². The summed E-state index contributed by atoms with van der Waals surface area (Å²) in [6, 6.07) is 5.84. The maximum atomic E-state index is 12.3. The largest absolute Gasteiger partial charge is 0.375 e. The van der Waals surface area contributed by atoms with E-state index in [-0.39, 0.29) is 5.91 Å². The molecule has 1 amide bonds. The minimum atomic E-state index is 0.00146. The fraction of sp³-hybridized carbons (Fsp3) is 0.467. The molecular weight excluding hydrogens is 270 g/mol. The van der Waals surface area contributed by atoms with Gasteiger partial charge in [0.25, 0.3) is 5.91 Å². The van der Waals surface area contributed by atoms with Gasteiger partial charge < -0.3 is 11.1 Å². The van der Waals surface area contributed by atoms with Crippen LogP contribution in [0.4, 0.5) is 5.13 Å². The number of nitrogens with one attached hydrogen (secondary N) is 1. The average molecular weight is 289 g/mol. The van der Waals surface area contributed by atoms with E-state index < -0.39 is 0 Å². The van der Waals surface area contributed by atoms with Crippen LogP contribution in [0.2, 0.25) is 0 Å². The second-order valence-corrected chi connectivity index (χ2v) is 7.37. The normalized spacial score (nSPS) is 21.2. The molecule has 1 aliphatic rings. The van der Waals surface area contributed by atoms with Gasteiger partial charge in [-0.15, -0.1) is 0 Å². The topological polar surface area (TPSA) is 68.0 Å². The molecular formula is C15H19N3OS. The average Bonchev–Trinajstić information content (AvgIpc) is 2.89. The molecule has 1 unspecified atom stereocenters. The molecule has 1 aliphatic carbocycles. The Kier molecular flexibility index (Phi) is 3.17. The molecule has 3 N–H and O–H groups in total. The Hall–Kier alpha value is -1.62. The molecule has 0 saturated heterocycles. The Morgan fingerprint density at radius 1 is 1.50 bits per heavy atom. The van der Waals surface area contributed by atoms with Crippen LogP contribution in [-0.4, -0.2) is 16.9 Å².